The standard InChI is InChI=1S/C21H42O4.C6H8O7.4Na/c1-2-3-4-5-6-7-8-9-10-11-12-13-14-15-16-19(21(24)25)17-20(23)18-22;7-3(8)1-6(13,5(11)12)2-4(9)10;;;;/h19-20,22-23H,2-18H2,1H3,(H,24,25);13H,1-2H2,(H,7,8)(H,9,10)(H,11,12);;;;/q;;4*+1/p-4. The first-order valence-electron chi connectivity index (χ1n) is 13.7. The minimum absolute atomic E-state index is 0. The monoisotopic (exact) mass is 638 g/mol. The first-order chi connectivity index (χ1) is 17.9. The molecule has 0 radical (unpaired) electrons. The molecule has 0 rings (SSSR count). The molecule has 0 fully saturated rings. The van der Waals surface area contributed by atoms with Crippen LogP contribution in [0, 0.1) is 5.92 Å². The predicted octanol–water partition coefficient (Wildman–Crippen LogP) is -13.3. The number of aliphatic carboxylic acids is 4. The van der Waals surface area contributed by atoms with Gasteiger partial charge in [0.05, 0.1) is 18.7 Å². The average Bonchev–Trinajstić information content (AvgIpc) is 2.82. The molecule has 224 valence electrons. The fourth-order valence-electron chi connectivity index (χ4n) is 4.00. The summed E-state index contributed by atoms with van der Waals surface area (Å²) in [5, 5.41) is 68.1. The van der Waals surface area contributed by atoms with Gasteiger partial charge in [0.2, 0.25) is 0 Å². The van der Waals surface area contributed by atoms with Gasteiger partial charge in [-0.3, -0.25) is 0 Å². The van der Waals surface area contributed by atoms with E-state index >= 15 is 0 Å². The molecule has 2 atom stereocenters. The molecular formula is C27H46Na4O11. The van der Waals surface area contributed by atoms with E-state index in [4.69, 9.17) is 10.2 Å². The van der Waals surface area contributed by atoms with Crippen molar-refractivity contribution in [3.63, 3.8) is 0 Å². The minimum atomic E-state index is -2.97. The van der Waals surface area contributed by atoms with Crippen LogP contribution in [0.25, 0.3) is 0 Å². The van der Waals surface area contributed by atoms with Gasteiger partial charge in [-0.2, -0.15) is 0 Å². The van der Waals surface area contributed by atoms with Crippen LogP contribution in [0.1, 0.15) is 122 Å². The SMILES string of the molecule is CCCCCCCCCCCCCCCCC(CC(O)CO)C(=O)[O-].O=C([O-])CC(O)(CC(=O)[O-])C(=O)[O-].[Na+].[Na+].[Na+].[Na+]. The van der Waals surface area contributed by atoms with E-state index in [2.05, 4.69) is 6.92 Å². The number of aliphatic hydroxyl groups is 3. The molecule has 3 N–H and O–H groups in total. The molecule has 0 saturated carbocycles. The first kappa shape index (κ1) is 56.1. The van der Waals surface area contributed by atoms with E-state index in [-0.39, 0.29) is 131 Å². The molecule has 0 aliphatic heterocycles. The van der Waals surface area contributed by atoms with E-state index in [9.17, 15) is 44.7 Å². The molecule has 0 aromatic rings. The zero-order chi connectivity index (χ0) is 29.4. The summed E-state index contributed by atoms with van der Waals surface area (Å²) in [4.78, 5) is 41.0. The first-order valence-corrected chi connectivity index (χ1v) is 13.7. The van der Waals surface area contributed by atoms with E-state index < -0.39 is 54.3 Å². The molecule has 0 saturated heterocycles. The Morgan fingerprint density at radius 1 is 0.643 bits per heavy atom. The van der Waals surface area contributed by atoms with Crippen molar-refractivity contribution in [2.75, 3.05) is 6.61 Å². The van der Waals surface area contributed by atoms with Gasteiger partial charge < -0.3 is 54.9 Å². The van der Waals surface area contributed by atoms with Gasteiger partial charge in [-0.05, 0) is 12.8 Å². The van der Waals surface area contributed by atoms with Crippen LogP contribution in [0.2, 0.25) is 0 Å². The third kappa shape index (κ3) is 36.2. The maximum Gasteiger partial charge on any atom is 1.00 e. The Bertz CT molecular complexity index is 654. The third-order valence-electron chi connectivity index (χ3n) is 6.26. The summed E-state index contributed by atoms with van der Waals surface area (Å²) < 4.78 is 0. The van der Waals surface area contributed by atoms with Crippen molar-refractivity contribution in [3.05, 3.63) is 0 Å². The van der Waals surface area contributed by atoms with Crippen LogP contribution in [0.15, 0.2) is 0 Å². The van der Waals surface area contributed by atoms with E-state index in [1.807, 2.05) is 0 Å². The number of rotatable bonds is 24. The van der Waals surface area contributed by atoms with Gasteiger partial charge in [-0.25, -0.2) is 0 Å². The fourth-order valence-corrected chi connectivity index (χ4v) is 4.00. The Balaban J connectivity index is -0.000000164. The van der Waals surface area contributed by atoms with Gasteiger partial charge >= 0.3 is 118 Å². The molecule has 0 spiro atoms. The van der Waals surface area contributed by atoms with Gasteiger partial charge in [0, 0.05) is 36.7 Å². The second kappa shape index (κ2) is 37.2. The van der Waals surface area contributed by atoms with E-state index in [0.29, 0.717) is 6.42 Å². The number of hydrogen-bond acceptors (Lipinski definition) is 11. The Hall–Kier alpha value is 1.76. The zero-order valence-electron chi connectivity index (χ0n) is 26.7. The van der Waals surface area contributed by atoms with Crippen LogP contribution < -0.4 is 139 Å². The van der Waals surface area contributed by atoms with Crippen LogP contribution >= 0.6 is 0 Å². The molecule has 15 heteroatoms. The normalized spacial score (nSPS) is 11.5. The third-order valence-corrected chi connectivity index (χ3v) is 6.26. The Morgan fingerprint density at radius 2 is 0.976 bits per heavy atom. The van der Waals surface area contributed by atoms with Gasteiger partial charge in [0.15, 0.2) is 0 Å². The smallest absolute Gasteiger partial charge is 0.550 e. The molecular weight excluding hydrogens is 592 g/mol. The average molecular weight is 639 g/mol. The van der Waals surface area contributed by atoms with Gasteiger partial charge in [-0.15, -0.1) is 0 Å². The van der Waals surface area contributed by atoms with Crippen molar-refractivity contribution in [1.82, 2.24) is 0 Å². The fraction of sp³-hybridized carbons (Fsp3) is 0.852. The van der Waals surface area contributed by atoms with Crippen molar-refractivity contribution >= 4 is 23.9 Å². The van der Waals surface area contributed by atoms with Crippen molar-refractivity contribution in [2.45, 2.75) is 134 Å². The molecule has 0 aromatic carbocycles. The summed E-state index contributed by atoms with van der Waals surface area (Å²) in [5.41, 5.74) is -2.97. The summed E-state index contributed by atoms with van der Waals surface area (Å²) in [6, 6.07) is 0. The van der Waals surface area contributed by atoms with Crippen LogP contribution in [0.3, 0.4) is 0 Å². The number of carboxylic acids is 4. The van der Waals surface area contributed by atoms with Gasteiger partial charge in [-0.1, -0.05) is 96.8 Å². The number of carbonyl (C=O) groups is 4. The minimum Gasteiger partial charge on any atom is -0.550 e. The molecule has 0 heterocycles. The maximum absolute atomic E-state index is 11.0. The number of carboxylic acid groups (broad SMARTS) is 4. The van der Waals surface area contributed by atoms with Crippen molar-refractivity contribution in [1.29, 1.82) is 0 Å². The summed E-state index contributed by atoms with van der Waals surface area (Å²) in [5.74, 6) is -7.73. The molecule has 0 aliphatic rings. The molecule has 11 nitrogen and oxygen atoms in total. The Morgan fingerprint density at radius 3 is 1.24 bits per heavy atom. The number of hydrogen-bond donors (Lipinski definition) is 3. The second-order valence-corrected chi connectivity index (χ2v) is 9.89. The van der Waals surface area contributed by atoms with Crippen molar-refractivity contribution < 1.29 is 173 Å². The molecule has 0 aliphatic carbocycles. The summed E-state index contributed by atoms with van der Waals surface area (Å²) in [6.45, 7) is 1.87. The van der Waals surface area contributed by atoms with E-state index in [1.165, 1.54) is 70.6 Å². The molecule has 0 amide bonds. The van der Waals surface area contributed by atoms with E-state index in [0.717, 1.165) is 19.3 Å². The van der Waals surface area contributed by atoms with Crippen LogP contribution in [0.4, 0.5) is 0 Å². The molecule has 0 bridgehead atoms. The predicted molar refractivity (Wildman–Crippen MR) is 130 cm³/mol. The van der Waals surface area contributed by atoms with Crippen LogP contribution in [0.5, 0.6) is 0 Å². The Kier molecular flexibility index (Phi) is 49.7. The van der Waals surface area contributed by atoms with Gasteiger partial charge in [0.25, 0.3) is 0 Å². The second-order valence-electron chi connectivity index (χ2n) is 9.89. The van der Waals surface area contributed by atoms with Gasteiger partial charge in [0.1, 0.15) is 5.60 Å². The zero-order valence-corrected chi connectivity index (χ0v) is 34.7. The summed E-state index contributed by atoms with van der Waals surface area (Å²) in [6.07, 6.45) is 14.8. The summed E-state index contributed by atoms with van der Waals surface area (Å²) >= 11 is 0. The Labute approximate surface area is 339 Å². The van der Waals surface area contributed by atoms with Crippen molar-refractivity contribution in [2.24, 2.45) is 5.92 Å². The largest absolute Gasteiger partial charge is 1.00 e. The number of carbonyl (C=O) groups excluding carboxylic acids is 4. The molecule has 2 unspecified atom stereocenters. The van der Waals surface area contributed by atoms with Crippen LogP contribution in [-0.2, 0) is 19.2 Å². The quantitative estimate of drug-likeness (QED) is 0.0665. The number of unbranched alkanes of at least 4 members (excludes halogenated alkanes) is 13. The summed E-state index contributed by atoms with van der Waals surface area (Å²) in [7, 11) is 0. The van der Waals surface area contributed by atoms with Crippen LogP contribution in [-0.4, -0.2) is 57.5 Å². The number of aliphatic hydroxyl groups excluding tert-OH is 2. The maximum atomic E-state index is 11.0. The molecule has 42 heavy (non-hydrogen) atoms. The van der Waals surface area contributed by atoms with E-state index in [1.54, 1.807) is 0 Å². The van der Waals surface area contributed by atoms with Crippen molar-refractivity contribution in [3.8, 4) is 0 Å². The molecule has 0 aromatic heterocycles. The topological polar surface area (TPSA) is 221 Å².